The molecule has 1 aliphatic carbocycles. The van der Waals surface area contributed by atoms with Crippen molar-refractivity contribution >= 4 is 5.91 Å². The van der Waals surface area contributed by atoms with E-state index in [-0.39, 0.29) is 12.0 Å². The molecule has 2 aliphatic heterocycles. The molecule has 0 radical (unpaired) electrons. The molecule has 21 heavy (non-hydrogen) atoms. The van der Waals surface area contributed by atoms with E-state index < -0.39 is 0 Å². The second-order valence-corrected chi connectivity index (χ2v) is 6.86. The zero-order valence-electron chi connectivity index (χ0n) is 13.3. The van der Waals surface area contributed by atoms with Crippen molar-refractivity contribution in [3.8, 4) is 0 Å². The van der Waals surface area contributed by atoms with E-state index >= 15 is 0 Å². The van der Waals surface area contributed by atoms with Crippen LogP contribution in [0.15, 0.2) is 0 Å². The van der Waals surface area contributed by atoms with Crippen molar-refractivity contribution in [1.82, 2.24) is 9.80 Å². The third-order valence-corrected chi connectivity index (χ3v) is 5.03. The van der Waals surface area contributed by atoms with Crippen molar-refractivity contribution in [3.63, 3.8) is 0 Å². The summed E-state index contributed by atoms with van der Waals surface area (Å²) >= 11 is 0. The fourth-order valence-corrected chi connectivity index (χ4v) is 3.41. The number of hydrogen-bond donors (Lipinski definition) is 0. The van der Waals surface area contributed by atoms with Crippen LogP contribution in [0.1, 0.15) is 26.7 Å². The summed E-state index contributed by atoms with van der Waals surface area (Å²) in [4.78, 5) is 17.0. The Morgan fingerprint density at radius 3 is 2.67 bits per heavy atom. The molecular weight excluding hydrogens is 268 g/mol. The first kappa shape index (κ1) is 15.3. The molecule has 1 amide bonds. The molecule has 0 aromatic carbocycles. The number of morpholine rings is 1. The number of amides is 1. The molecule has 0 spiro atoms. The zero-order valence-corrected chi connectivity index (χ0v) is 13.3. The molecule has 2 saturated heterocycles. The third kappa shape index (κ3) is 3.76. The second-order valence-electron chi connectivity index (χ2n) is 6.86. The SMILES string of the molecule is C[C@H](OCC1CC1)C(=O)N1C[C@H](C)[C@@H](N2CCOCC2)C1. The molecule has 5 heteroatoms. The van der Waals surface area contributed by atoms with Crippen LogP contribution in [0.5, 0.6) is 0 Å². The number of rotatable bonds is 5. The predicted molar refractivity (Wildman–Crippen MR) is 80.1 cm³/mol. The lowest BCUT2D eigenvalue weighted by Gasteiger charge is -2.34. The summed E-state index contributed by atoms with van der Waals surface area (Å²) in [6, 6.07) is 0.480. The van der Waals surface area contributed by atoms with Gasteiger partial charge < -0.3 is 14.4 Å². The lowest BCUT2D eigenvalue weighted by Crippen LogP contribution is -2.47. The van der Waals surface area contributed by atoms with Crippen molar-refractivity contribution in [2.75, 3.05) is 46.0 Å². The molecule has 5 nitrogen and oxygen atoms in total. The van der Waals surface area contributed by atoms with Gasteiger partial charge in [-0.05, 0) is 31.6 Å². The van der Waals surface area contributed by atoms with Gasteiger partial charge in [0.25, 0.3) is 5.91 Å². The topological polar surface area (TPSA) is 42.0 Å². The first-order valence-electron chi connectivity index (χ1n) is 8.37. The molecule has 0 aromatic heterocycles. The molecule has 0 aromatic rings. The maximum Gasteiger partial charge on any atom is 0.251 e. The Morgan fingerprint density at radius 2 is 2.00 bits per heavy atom. The fourth-order valence-electron chi connectivity index (χ4n) is 3.41. The summed E-state index contributed by atoms with van der Waals surface area (Å²) in [5, 5.41) is 0. The first-order valence-corrected chi connectivity index (χ1v) is 8.37. The molecule has 0 N–H and O–H groups in total. The quantitative estimate of drug-likeness (QED) is 0.758. The van der Waals surface area contributed by atoms with E-state index in [1.165, 1.54) is 12.8 Å². The van der Waals surface area contributed by atoms with E-state index in [0.717, 1.165) is 46.0 Å². The maximum absolute atomic E-state index is 12.5. The summed E-state index contributed by atoms with van der Waals surface area (Å²) in [5.41, 5.74) is 0. The van der Waals surface area contributed by atoms with E-state index in [1.54, 1.807) is 0 Å². The minimum atomic E-state index is -0.291. The molecule has 0 unspecified atom stereocenters. The molecule has 3 aliphatic rings. The van der Waals surface area contributed by atoms with Gasteiger partial charge in [0, 0.05) is 32.2 Å². The van der Waals surface area contributed by atoms with Crippen LogP contribution >= 0.6 is 0 Å². The van der Waals surface area contributed by atoms with Gasteiger partial charge in [0.15, 0.2) is 0 Å². The van der Waals surface area contributed by atoms with Crippen molar-refractivity contribution in [2.24, 2.45) is 11.8 Å². The van der Waals surface area contributed by atoms with Gasteiger partial charge in [-0.2, -0.15) is 0 Å². The largest absolute Gasteiger partial charge is 0.379 e. The highest BCUT2D eigenvalue weighted by Crippen LogP contribution is 2.29. The van der Waals surface area contributed by atoms with Crippen LogP contribution in [-0.2, 0) is 14.3 Å². The molecule has 2 heterocycles. The van der Waals surface area contributed by atoms with Crippen LogP contribution in [0.4, 0.5) is 0 Å². The van der Waals surface area contributed by atoms with Gasteiger partial charge in [-0.3, -0.25) is 9.69 Å². The Bertz CT molecular complexity index is 367. The summed E-state index contributed by atoms with van der Waals surface area (Å²) in [5.74, 6) is 1.40. The minimum Gasteiger partial charge on any atom is -0.379 e. The van der Waals surface area contributed by atoms with Crippen LogP contribution in [0, 0.1) is 11.8 Å². The van der Waals surface area contributed by atoms with Gasteiger partial charge in [0.05, 0.1) is 19.8 Å². The zero-order chi connectivity index (χ0) is 14.8. The number of carbonyl (C=O) groups excluding carboxylic acids is 1. The normalized spacial score (nSPS) is 32.4. The summed E-state index contributed by atoms with van der Waals surface area (Å²) in [6.45, 7) is 10.2. The van der Waals surface area contributed by atoms with E-state index in [2.05, 4.69) is 11.8 Å². The average molecular weight is 296 g/mol. The Labute approximate surface area is 127 Å². The van der Waals surface area contributed by atoms with Crippen molar-refractivity contribution in [1.29, 1.82) is 0 Å². The van der Waals surface area contributed by atoms with Crippen molar-refractivity contribution < 1.29 is 14.3 Å². The number of likely N-dealkylation sites (tertiary alicyclic amines) is 1. The highest BCUT2D eigenvalue weighted by Gasteiger charge is 2.38. The van der Waals surface area contributed by atoms with Gasteiger partial charge in [-0.15, -0.1) is 0 Å². The Balaban J connectivity index is 1.50. The molecule has 3 rings (SSSR count). The van der Waals surface area contributed by atoms with Gasteiger partial charge in [-0.25, -0.2) is 0 Å². The average Bonchev–Trinajstić information content (AvgIpc) is 3.26. The fraction of sp³-hybridized carbons (Fsp3) is 0.938. The summed E-state index contributed by atoms with van der Waals surface area (Å²) in [7, 11) is 0. The number of carbonyl (C=O) groups is 1. The smallest absolute Gasteiger partial charge is 0.251 e. The van der Waals surface area contributed by atoms with Crippen LogP contribution in [-0.4, -0.2) is 73.9 Å². The highest BCUT2D eigenvalue weighted by atomic mass is 16.5. The van der Waals surface area contributed by atoms with E-state index in [0.29, 0.717) is 17.9 Å². The van der Waals surface area contributed by atoms with Gasteiger partial charge in [0.2, 0.25) is 0 Å². The summed E-state index contributed by atoms with van der Waals surface area (Å²) in [6.07, 6.45) is 2.24. The highest BCUT2D eigenvalue weighted by molar-refractivity contribution is 5.80. The monoisotopic (exact) mass is 296 g/mol. The lowest BCUT2D eigenvalue weighted by atomic mass is 10.0. The van der Waals surface area contributed by atoms with Crippen LogP contribution < -0.4 is 0 Å². The van der Waals surface area contributed by atoms with Gasteiger partial charge >= 0.3 is 0 Å². The van der Waals surface area contributed by atoms with Crippen molar-refractivity contribution in [3.05, 3.63) is 0 Å². The van der Waals surface area contributed by atoms with Gasteiger partial charge in [0.1, 0.15) is 6.10 Å². The lowest BCUT2D eigenvalue weighted by molar-refractivity contribution is -0.142. The van der Waals surface area contributed by atoms with Crippen LogP contribution in [0.3, 0.4) is 0 Å². The Kier molecular flexibility index (Phi) is 4.82. The molecule has 0 bridgehead atoms. The second kappa shape index (κ2) is 6.63. The Morgan fingerprint density at radius 1 is 1.29 bits per heavy atom. The van der Waals surface area contributed by atoms with Crippen LogP contribution in [0.25, 0.3) is 0 Å². The van der Waals surface area contributed by atoms with Gasteiger partial charge in [-0.1, -0.05) is 6.92 Å². The van der Waals surface area contributed by atoms with Crippen LogP contribution in [0.2, 0.25) is 0 Å². The molecule has 120 valence electrons. The van der Waals surface area contributed by atoms with E-state index in [4.69, 9.17) is 9.47 Å². The standard InChI is InChI=1S/C16H28N2O3/c1-12-9-18(10-15(12)17-5-7-20-8-6-17)16(19)13(2)21-11-14-3-4-14/h12-15H,3-11H2,1-2H3/t12-,13-,15-/m0/s1. The number of hydrogen-bond acceptors (Lipinski definition) is 4. The maximum atomic E-state index is 12.5. The molecule has 1 saturated carbocycles. The van der Waals surface area contributed by atoms with Crippen molar-refractivity contribution in [2.45, 2.75) is 38.8 Å². The summed E-state index contributed by atoms with van der Waals surface area (Å²) < 4.78 is 11.2. The predicted octanol–water partition coefficient (Wildman–Crippen LogP) is 0.981. The molecular formula is C16H28N2O3. The first-order chi connectivity index (χ1) is 10.1. The number of ether oxygens (including phenoxy) is 2. The Hall–Kier alpha value is -0.650. The number of nitrogens with zero attached hydrogens (tertiary/aromatic N) is 2. The molecule has 3 fully saturated rings. The molecule has 3 atom stereocenters. The van der Waals surface area contributed by atoms with E-state index in [1.807, 2.05) is 11.8 Å². The minimum absolute atomic E-state index is 0.165. The van der Waals surface area contributed by atoms with E-state index in [9.17, 15) is 4.79 Å². The third-order valence-electron chi connectivity index (χ3n) is 5.03.